The van der Waals surface area contributed by atoms with Crippen molar-refractivity contribution in [2.45, 2.75) is 39.3 Å². The highest BCUT2D eigenvalue weighted by atomic mass is 19.1. The lowest BCUT2D eigenvalue weighted by molar-refractivity contribution is -0.145. The summed E-state index contributed by atoms with van der Waals surface area (Å²) < 4.78 is 13.5. The molecule has 2 atom stereocenters. The van der Waals surface area contributed by atoms with Gasteiger partial charge in [0, 0.05) is 12.6 Å². The fourth-order valence-corrected chi connectivity index (χ4v) is 2.74. The van der Waals surface area contributed by atoms with Crippen LogP contribution in [0.2, 0.25) is 0 Å². The first-order chi connectivity index (χ1) is 8.99. The van der Waals surface area contributed by atoms with Crippen LogP contribution in [0.5, 0.6) is 0 Å². The Balaban J connectivity index is 2.09. The lowest BCUT2D eigenvalue weighted by atomic mass is 9.90. The van der Waals surface area contributed by atoms with Crippen LogP contribution in [-0.4, -0.2) is 28.6 Å². The molecule has 0 radical (unpaired) electrons. The van der Waals surface area contributed by atoms with Crippen LogP contribution in [0.25, 0.3) is 0 Å². The van der Waals surface area contributed by atoms with Crippen LogP contribution in [0.15, 0.2) is 18.2 Å². The Morgan fingerprint density at radius 3 is 2.89 bits per heavy atom. The van der Waals surface area contributed by atoms with Crippen LogP contribution in [0, 0.1) is 18.7 Å². The van der Waals surface area contributed by atoms with Gasteiger partial charge in [0.2, 0.25) is 0 Å². The molecule has 3 nitrogen and oxygen atoms in total. The van der Waals surface area contributed by atoms with E-state index in [1.807, 2.05) is 13.0 Å². The summed E-state index contributed by atoms with van der Waals surface area (Å²) in [7, 11) is 0. The van der Waals surface area contributed by atoms with E-state index in [0.717, 1.165) is 24.9 Å². The molecular formula is C15H20FNO2. The van der Waals surface area contributed by atoms with E-state index in [4.69, 9.17) is 0 Å². The second-order valence-electron chi connectivity index (χ2n) is 5.38. The zero-order valence-electron chi connectivity index (χ0n) is 11.4. The number of hydrogen-bond donors (Lipinski definition) is 1. The van der Waals surface area contributed by atoms with Crippen molar-refractivity contribution in [1.82, 2.24) is 4.90 Å². The number of halogens is 1. The number of aryl methyl sites for hydroxylation is 1. The molecule has 0 bridgehead atoms. The number of benzene rings is 1. The molecule has 1 N–H and O–H groups in total. The van der Waals surface area contributed by atoms with Crippen LogP contribution in [-0.2, 0) is 11.3 Å². The molecule has 0 saturated carbocycles. The lowest BCUT2D eigenvalue weighted by Gasteiger charge is -2.37. The Labute approximate surface area is 113 Å². The van der Waals surface area contributed by atoms with Gasteiger partial charge in [-0.1, -0.05) is 12.1 Å². The number of piperidine rings is 1. The second-order valence-corrected chi connectivity index (χ2v) is 5.38. The molecule has 0 aromatic heterocycles. The average Bonchev–Trinajstić information content (AvgIpc) is 2.36. The first-order valence-corrected chi connectivity index (χ1v) is 6.71. The van der Waals surface area contributed by atoms with E-state index in [2.05, 4.69) is 4.90 Å². The first-order valence-electron chi connectivity index (χ1n) is 6.71. The van der Waals surface area contributed by atoms with Gasteiger partial charge in [0.15, 0.2) is 0 Å². The number of carboxylic acid groups (broad SMARTS) is 1. The van der Waals surface area contributed by atoms with Crippen LogP contribution >= 0.6 is 0 Å². The maximum atomic E-state index is 13.5. The molecular weight excluding hydrogens is 245 g/mol. The highest BCUT2D eigenvalue weighted by Crippen LogP contribution is 2.25. The fraction of sp³-hybridized carbons (Fsp3) is 0.533. The Morgan fingerprint density at radius 2 is 2.26 bits per heavy atom. The van der Waals surface area contributed by atoms with Gasteiger partial charge in [-0.3, -0.25) is 9.69 Å². The Hall–Kier alpha value is -1.42. The minimum Gasteiger partial charge on any atom is -0.481 e. The smallest absolute Gasteiger partial charge is 0.308 e. The van der Waals surface area contributed by atoms with Gasteiger partial charge in [-0.2, -0.15) is 0 Å². The van der Waals surface area contributed by atoms with Crippen molar-refractivity contribution in [2.75, 3.05) is 6.54 Å². The number of likely N-dealkylation sites (tertiary alicyclic amines) is 1. The summed E-state index contributed by atoms with van der Waals surface area (Å²) in [5, 5.41) is 9.19. The highest BCUT2D eigenvalue weighted by molar-refractivity contribution is 5.70. The monoisotopic (exact) mass is 265 g/mol. The van der Waals surface area contributed by atoms with Crippen molar-refractivity contribution in [2.24, 2.45) is 5.92 Å². The zero-order chi connectivity index (χ0) is 14.0. The largest absolute Gasteiger partial charge is 0.481 e. The molecule has 1 heterocycles. The van der Waals surface area contributed by atoms with Crippen LogP contribution in [0.1, 0.15) is 30.9 Å². The molecule has 0 aliphatic carbocycles. The van der Waals surface area contributed by atoms with Gasteiger partial charge in [0.25, 0.3) is 0 Å². The predicted molar refractivity (Wildman–Crippen MR) is 71.4 cm³/mol. The fourth-order valence-electron chi connectivity index (χ4n) is 2.74. The molecule has 4 heteroatoms. The van der Waals surface area contributed by atoms with Gasteiger partial charge < -0.3 is 5.11 Å². The molecule has 1 saturated heterocycles. The quantitative estimate of drug-likeness (QED) is 0.913. The van der Waals surface area contributed by atoms with Crippen molar-refractivity contribution in [3.05, 3.63) is 35.1 Å². The van der Waals surface area contributed by atoms with E-state index >= 15 is 0 Å². The van der Waals surface area contributed by atoms with Crippen LogP contribution in [0.3, 0.4) is 0 Å². The molecule has 19 heavy (non-hydrogen) atoms. The molecule has 1 aliphatic heterocycles. The number of nitrogens with zero attached hydrogens (tertiary/aromatic N) is 1. The SMILES string of the molecule is Cc1ccc(CN2CCC[C@@H](C(=O)O)[C@H]2C)cc1F. The third-order valence-electron chi connectivity index (χ3n) is 4.06. The molecule has 0 amide bonds. The molecule has 0 unspecified atom stereocenters. The standard InChI is InChI=1S/C15H20FNO2/c1-10-5-6-12(8-14(10)16)9-17-7-3-4-13(11(17)2)15(18)19/h5-6,8,11,13H,3-4,7,9H2,1-2H3,(H,18,19)/t11-,13-/m1/s1. The van der Waals surface area contributed by atoms with Gasteiger partial charge in [0.1, 0.15) is 5.82 Å². The van der Waals surface area contributed by atoms with Gasteiger partial charge in [-0.25, -0.2) is 4.39 Å². The van der Waals surface area contributed by atoms with Crippen molar-refractivity contribution in [3.63, 3.8) is 0 Å². The van der Waals surface area contributed by atoms with Gasteiger partial charge >= 0.3 is 5.97 Å². The summed E-state index contributed by atoms with van der Waals surface area (Å²) in [6, 6.07) is 5.23. The van der Waals surface area contributed by atoms with E-state index in [1.54, 1.807) is 19.1 Å². The third-order valence-corrected chi connectivity index (χ3v) is 4.06. The van der Waals surface area contributed by atoms with Crippen molar-refractivity contribution >= 4 is 5.97 Å². The number of rotatable bonds is 3. The van der Waals surface area contributed by atoms with E-state index in [1.165, 1.54) is 0 Å². The number of carboxylic acids is 1. The summed E-state index contributed by atoms with van der Waals surface area (Å²) in [4.78, 5) is 13.3. The lowest BCUT2D eigenvalue weighted by Crippen LogP contribution is -2.45. The number of aliphatic carboxylic acids is 1. The first kappa shape index (κ1) is 14.0. The topological polar surface area (TPSA) is 40.5 Å². The van der Waals surface area contributed by atoms with Gasteiger partial charge in [-0.15, -0.1) is 0 Å². The van der Waals surface area contributed by atoms with Gasteiger partial charge in [0.05, 0.1) is 5.92 Å². The van der Waals surface area contributed by atoms with E-state index in [-0.39, 0.29) is 17.8 Å². The summed E-state index contributed by atoms with van der Waals surface area (Å²) in [6.07, 6.45) is 1.62. The van der Waals surface area contributed by atoms with Crippen LogP contribution in [0.4, 0.5) is 4.39 Å². The van der Waals surface area contributed by atoms with Crippen molar-refractivity contribution < 1.29 is 14.3 Å². The van der Waals surface area contributed by atoms with Gasteiger partial charge in [-0.05, 0) is 50.4 Å². The highest BCUT2D eigenvalue weighted by Gasteiger charge is 2.32. The zero-order valence-corrected chi connectivity index (χ0v) is 11.4. The molecule has 1 fully saturated rings. The summed E-state index contributed by atoms with van der Waals surface area (Å²) in [6.45, 7) is 5.17. The molecule has 104 valence electrons. The van der Waals surface area contributed by atoms with Crippen molar-refractivity contribution in [3.8, 4) is 0 Å². The maximum absolute atomic E-state index is 13.5. The Morgan fingerprint density at radius 1 is 1.53 bits per heavy atom. The average molecular weight is 265 g/mol. The Bertz CT molecular complexity index is 475. The summed E-state index contributed by atoms with van der Waals surface area (Å²) in [5.41, 5.74) is 1.54. The molecule has 2 rings (SSSR count). The second kappa shape index (κ2) is 5.70. The normalized spacial score (nSPS) is 24.4. The van der Waals surface area contributed by atoms with Crippen LogP contribution < -0.4 is 0 Å². The van der Waals surface area contributed by atoms with Crippen molar-refractivity contribution in [1.29, 1.82) is 0 Å². The minimum atomic E-state index is -0.729. The third kappa shape index (κ3) is 3.13. The number of carbonyl (C=O) groups is 1. The molecule has 1 aliphatic rings. The van der Waals surface area contributed by atoms with E-state index in [9.17, 15) is 14.3 Å². The van der Waals surface area contributed by atoms with E-state index < -0.39 is 5.97 Å². The molecule has 1 aromatic carbocycles. The summed E-state index contributed by atoms with van der Waals surface area (Å²) >= 11 is 0. The maximum Gasteiger partial charge on any atom is 0.308 e. The molecule has 1 aromatic rings. The minimum absolute atomic E-state index is 0.00406. The van der Waals surface area contributed by atoms with E-state index in [0.29, 0.717) is 12.1 Å². The predicted octanol–water partition coefficient (Wildman–Crippen LogP) is 2.82. The molecule has 0 spiro atoms. The Kier molecular flexibility index (Phi) is 4.20. The summed E-state index contributed by atoms with van der Waals surface area (Å²) in [5.74, 6) is -1.24. The number of hydrogen-bond acceptors (Lipinski definition) is 2.